The van der Waals surface area contributed by atoms with Gasteiger partial charge in [-0.1, -0.05) is 0 Å². The SMILES string of the molecule is CC1(O)CN(C(=O)CCn2cccn2)C1. The maximum absolute atomic E-state index is 11.6. The van der Waals surface area contributed by atoms with Gasteiger partial charge in [-0.15, -0.1) is 0 Å². The summed E-state index contributed by atoms with van der Waals surface area (Å²) in [5.74, 6) is 0.0806. The number of hydrogen-bond donors (Lipinski definition) is 1. The number of hydrogen-bond acceptors (Lipinski definition) is 3. The topological polar surface area (TPSA) is 58.4 Å². The Morgan fingerprint density at radius 1 is 1.60 bits per heavy atom. The van der Waals surface area contributed by atoms with Gasteiger partial charge in [-0.2, -0.15) is 5.10 Å². The highest BCUT2D eigenvalue weighted by Crippen LogP contribution is 2.20. The summed E-state index contributed by atoms with van der Waals surface area (Å²) in [7, 11) is 0. The summed E-state index contributed by atoms with van der Waals surface area (Å²) in [5, 5.41) is 13.5. The Hall–Kier alpha value is -1.36. The van der Waals surface area contributed by atoms with E-state index in [-0.39, 0.29) is 5.91 Å². The van der Waals surface area contributed by atoms with Crippen molar-refractivity contribution in [2.24, 2.45) is 0 Å². The molecular weight excluding hydrogens is 194 g/mol. The molecule has 2 heterocycles. The highest BCUT2D eigenvalue weighted by molar-refractivity contribution is 5.77. The van der Waals surface area contributed by atoms with Crippen LogP contribution in [0, 0.1) is 0 Å². The standard InChI is InChI=1S/C10H15N3O2/c1-10(15)7-12(8-10)9(14)3-6-13-5-2-4-11-13/h2,4-5,15H,3,6-8H2,1H3. The molecule has 0 radical (unpaired) electrons. The van der Waals surface area contributed by atoms with Gasteiger partial charge in [0.25, 0.3) is 0 Å². The van der Waals surface area contributed by atoms with E-state index in [1.807, 2.05) is 12.3 Å². The van der Waals surface area contributed by atoms with Gasteiger partial charge in [0.2, 0.25) is 5.91 Å². The zero-order valence-corrected chi connectivity index (χ0v) is 8.76. The Labute approximate surface area is 88.3 Å². The molecule has 0 unspecified atom stereocenters. The number of carbonyl (C=O) groups is 1. The van der Waals surface area contributed by atoms with Crippen molar-refractivity contribution >= 4 is 5.91 Å². The van der Waals surface area contributed by atoms with E-state index in [1.54, 1.807) is 22.7 Å². The molecule has 0 aromatic carbocycles. The van der Waals surface area contributed by atoms with Crippen molar-refractivity contribution in [1.29, 1.82) is 0 Å². The average molecular weight is 209 g/mol. The number of β-amino-alcohol motifs (C(OH)–C–C–N with tert-alkyl or cyclic N) is 1. The van der Waals surface area contributed by atoms with Crippen molar-refractivity contribution in [3.05, 3.63) is 18.5 Å². The van der Waals surface area contributed by atoms with Gasteiger partial charge in [-0.25, -0.2) is 0 Å². The predicted octanol–water partition coefficient (Wildman–Crippen LogP) is -0.134. The van der Waals surface area contributed by atoms with Crippen molar-refractivity contribution in [3.8, 4) is 0 Å². The summed E-state index contributed by atoms with van der Waals surface area (Å²) >= 11 is 0. The third kappa shape index (κ3) is 2.36. The van der Waals surface area contributed by atoms with Crippen LogP contribution in [-0.4, -0.2) is 44.4 Å². The molecular formula is C10H15N3O2. The minimum atomic E-state index is -0.679. The lowest BCUT2D eigenvalue weighted by molar-refractivity contribution is -0.152. The largest absolute Gasteiger partial charge is 0.386 e. The van der Waals surface area contributed by atoms with Gasteiger partial charge in [0.15, 0.2) is 0 Å². The van der Waals surface area contributed by atoms with Crippen LogP contribution in [0.5, 0.6) is 0 Å². The molecule has 0 saturated carbocycles. The van der Waals surface area contributed by atoms with E-state index in [1.165, 1.54) is 0 Å². The van der Waals surface area contributed by atoms with Gasteiger partial charge in [0, 0.05) is 25.4 Å². The van der Waals surface area contributed by atoms with Crippen LogP contribution in [0.15, 0.2) is 18.5 Å². The number of likely N-dealkylation sites (tertiary alicyclic amines) is 1. The number of amides is 1. The minimum Gasteiger partial charge on any atom is -0.386 e. The van der Waals surface area contributed by atoms with Crippen LogP contribution in [0.4, 0.5) is 0 Å². The summed E-state index contributed by atoms with van der Waals surface area (Å²) in [5.41, 5.74) is -0.679. The second-order valence-electron chi connectivity index (χ2n) is 4.27. The maximum Gasteiger partial charge on any atom is 0.224 e. The van der Waals surface area contributed by atoms with Crippen LogP contribution in [-0.2, 0) is 11.3 Å². The lowest BCUT2D eigenvalue weighted by Crippen LogP contribution is -2.61. The highest BCUT2D eigenvalue weighted by atomic mass is 16.3. The Balaban J connectivity index is 1.75. The van der Waals surface area contributed by atoms with E-state index in [9.17, 15) is 9.90 Å². The number of aryl methyl sites for hydroxylation is 1. The lowest BCUT2D eigenvalue weighted by Gasteiger charge is -2.44. The van der Waals surface area contributed by atoms with Crippen molar-refractivity contribution in [2.75, 3.05) is 13.1 Å². The number of aromatic nitrogens is 2. The van der Waals surface area contributed by atoms with Crippen molar-refractivity contribution in [2.45, 2.75) is 25.5 Å². The summed E-state index contributed by atoms with van der Waals surface area (Å²) in [6, 6.07) is 1.83. The lowest BCUT2D eigenvalue weighted by atomic mass is 9.97. The third-order valence-electron chi connectivity index (χ3n) is 2.53. The van der Waals surface area contributed by atoms with Gasteiger partial charge in [0.05, 0.1) is 18.7 Å². The van der Waals surface area contributed by atoms with E-state index in [4.69, 9.17) is 0 Å². The van der Waals surface area contributed by atoms with Crippen LogP contribution in [0.1, 0.15) is 13.3 Å². The summed E-state index contributed by atoms with van der Waals surface area (Å²) in [6.45, 7) is 3.24. The van der Waals surface area contributed by atoms with E-state index in [0.717, 1.165) is 0 Å². The summed E-state index contributed by atoms with van der Waals surface area (Å²) in [4.78, 5) is 13.3. The first-order chi connectivity index (χ1) is 7.07. The van der Waals surface area contributed by atoms with Gasteiger partial charge in [-0.3, -0.25) is 9.48 Å². The fraction of sp³-hybridized carbons (Fsp3) is 0.600. The van der Waals surface area contributed by atoms with Crippen molar-refractivity contribution in [1.82, 2.24) is 14.7 Å². The van der Waals surface area contributed by atoms with Crippen molar-refractivity contribution in [3.63, 3.8) is 0 Å². The molecule has 0 atom stereocenters. The molecule has 1 N–H and O–H groups in total. The molecule has 0 bridgehead atoms. The smallest absolute Gasteiger partial charge is 0.224 e. The van der Waals surface area contributed by atoms with Crippen molar-refractivity contribution < 1.29 is 9.90 Å². The number of aliphatic hydroxyl groups is 1. The molecule has 0 spiro atoms. The van der Waals surface area contributed by atoms with Gasteiger partial charge < -0.3 is 10.0 Å². The van der Waals surface area contributed by atoms with E-state index in [0.29, 0.717) is 26.1 Å². The van der Waals surface area contributed by atoms with Crippen LogP contribution in [0.3, 0.4) is 0 Å². The zero-order valence-electron chi connectivity index (χ0n) is 8.76. The molecule has 2 rings (SSSR count). The molecule has 1 fully saturated rings. The molecule has 5 heteroatoms. The van der Waals surface area contributed by atoms with Crippen LogP contribution in [0.2, 0.25) is 0 Å². The summed E-state index contributed by atoms with van der Waals surface area (Å²) in [6.07, 6.45) is 3.97. The molecule has 1 aromatic rings. The monoisotopic (exact) mass is 209 g/mol. The summed E-state index contributed by atoms with van der Waals surface area (Å²) < 4.78 is 1.73. The maximum atomic E-state index is 11.6. The first-order valence-corrected chi connectivity index (χ1v) is 5.04. The van der Waals surface area contributed by atoms with Gasteiger partial charge in [0.1, 0.15) is 0 Å². The normalized spacial score (nSPS) is 18.7. The number of rotatable bonds is 3. The molecule has 0 aliphatic carbocycles. The molecule has 1 aromatic heterocycles. The fourth-order valence-electron chi connectivity index (χ4n) is 1.75. The first-order valence-electron chi connectivity index (χ1n) is 5.04. The highest BCUT2D eigenvalue weighted by Gasteiger charge is 2.38. The third-order valence-corrected chi connectivity index (χ3v) is 2.53. The average Bonchev–Trinajstić information content (AvgIpc) is 2.62. The van der Waals surface area contributed by atoms with Crippen LogP contribution in [0.25, 0.3) is 0 Å². The van der Waals surface area contributed by atoms with Crippen LogP contribution >= 0.6 is 0 Å². The van der Waals surface area contributed by atoms with E-state index in [2.05, 4.69) is 5.10 Å². The van der Waals surface area contributed by atoms with Crippen LogP contribution < -0.4 is 0 Å². The quantitative estimate of drug-likeness (QED) is 0.754. The molecule has 1 aliphatic rings. The molecule has 1 saturated heterocycles. The second kappa shape index (κ2) is 3.66. The number of nitrogens with zero attached hydrogens (tertiary/aromatic N) is 3. The predicted molar refractivity (Wildman–Crippen MR) is 54.0 cm³/mol. The Bertz CT molecular complexity index is 338. The molecule has 15 heavy (non-hydrogen) atoms. The van der Waals surface area contributed by atoms with E-state index < -0.39 is 5.60 Å². The minimum absolute atomic E-state index is 0.0806. The van der Waals surface area contributed by atoms with Gasteiger partial charge in [-0.05, 0) is 13.0 Å². The Morgan fingerprint density at radius 3 is 2.87 bits per heavy atom. The Morgan fingerprint density at radius 2 is 2.33 bits per heavy atom. The fourth-order valence-corrected chi connectivity index (χ4v) is 1.75. The Kier molecular flexibility index (Phi) is 2.48. The number of carbonyl (C=O) groups excluding carboxylic acids is 1. The van der Waals surface area contributed by atoms with E-state index >= 15 is 0 Å². The molecule has 1 aliphatic heterocycles. The second-order valence-corrected chi connectivity index (χ2v) is 4.27. The first kappa shape index (κ1) is 10.2. The zero-order chi connectivity index (χ0) is 10.9. The molecule has 5 nitrogen and oxygen atoms in total. The van der Waals surface area contributed by atoms with Gasteiger partial charge >= 0.3 is 0 Å². The molecule has 82 valence electrons. The molecule has 1 amide bonds.